The normalized spacial score (nSPS) is 19.3. The van der Waals surface area contributed by atoms with Gasteiger partial charge in [-0.1, -0.05) is 17.4 Å². The van der Waals surface area contributed by atoms with Crippen LogP contribution in [0.2, 0.25) is 0 Å². The second kappa shape index (κ2) is 9.84. The first-order valence-corrected chi connectivity index (χ1v) is 13.1. The highest BCUT2D eigenvalue weighted by Gasteiger charge is 2.35. The van der Waals surface area contributed by atoms with Gasteiger partial charge in [0.1, 0.15) is 4.88 Å². The Hall–Kier alpha value is -2.95. The minimum atomic E-state index is -0.289. The summed E-state index contributed by atoms with van der Waals surface area (Å²) in [5.74, 6) is -0.0680. The van der Waals surface area contributed by atoms with Gasteiger partial charge in [0, 0.05) is 61.9 Å². The van der Waals surface area contributed by atoms with Gasteiger partial charge in [-0.15, -0.1) is 0 Å². The van der Waals surface area contributed by atoms with Crippen molar-refractivity contribution in [3.05, 3.63) is 46.1 Å². The van der Waals surface area contributed by atoms with E-state index < -0.39 is 0 Å². The molecule has 0 radical (unpaired) electrons. The quantitative estimate of drug-likeness (QED) is 0.506. The average molecular weight is 512 g/mol. The number of methoxy groups -OCH3 is 1. The number of aromatic nitrogens is 2. The number of fused-ring (bicyclic) bond motifs is 2. The van der Waals surface area contributed by atoms with Crippen LogP contribution in [-0.2, 0) is 22.3 Å². The lowest BCUT2D eigenvalue weighted by atomic mass is 9.94. The number of carbonyl (C=O) groups excluding carboxylic acids is 2. The summed E-state index contributed by atoms with van der Waals surface area (Å²) >= 11 is 1.47. The van der Waals surface area contributed by atoms with Crippen LogP contribution in [0.3, 0.4) is 0 Å². The Balaban J connectivity index is 1.36. The van der Waals surface area contributed by atoms with Crippen molar-refractivity contribution >= 4 is 39.2 Å². The zero-order chi connectivity index (χ0) is 25.4. The Morgan fingerprint density at radius 2 is 2.22 bits per heavy atom. The van der Waals surface area contributed by atoms with Crippen LogP contribution in [0.1, 0.15) is 45.1 Å². The molecule has 2 aliphatic heterocycles. The molecule has 4 heterocycles. The van der Waals surface area contributed by atoms with Crippen LogP contribution in [-0.4, -0.2) is 85.3 Å². The topological polar surface area (TPSA) is 99.8 Å². The van der Waals surface area contributed by atoms with Crippen molar-refractivity contribution in [3.63, 3.8) is 0 Å². The number of benzene rings is 1. The number of hydrogen-bond acceptors (Lipinski definition) is 7. The average Bonchev–Trinajstić information content (AvgIpc) is 3.45. The highest BCUT2D eigenvalue weighted by Crippen LogP contribution is 2.34. The zero-order valence-corrected chi connectivity index (χ0v) is 22.0. The number of anilines is 1. The fourth-order valence-electron chi connectivity index (χ4n) is 4.95. The van der Waals surface area contributed by atoms with Crippen molar-refractivity contribution in [3.8, 4) is 0 Å². The van der Waals surface area contributed by atoms with Crippen molar-refractivity contribution < 1.29 is 19.1 Å². The van der Waals surface area contributed by atoms with Crippen LogP contribution in [0, 0.1) is 0 Å². The van der Waals surface area contributed by atoms with Crippen LogP contribution in [0.15, 0.2) is 24.4 Å². The van der Waals surface area contributed by atoms with Gasteiger partial charge >= 0.3 is 0 Å². The van der Waals surface area contributed by atoms with Crippen LogP contribution in [0.5, 0.6) is 0 Å². The molecule has 5 rings (SSSR count). The van der Waals surface area contributed by atoms with E-state index in [1.54, 1.807) is 19.1 Å². The molecule has 2 aliphatic rings. The van der Waals surface area contributed by atoms with Crippen LogP contribution in [0.4, 0.5) is 5.13 Å². The third-order valence-corrected chi connectivity index (χ3v) is 8.01. The molecular weight excluding hydrogens is 478 g/mol. The summed E-state index contributed by atoms with van der Waals surface area (Å²) in [5, 5.41) is 5.05. The molecule has 36 heavy (non-hydrogen) atoms. The molecule has 192 valence electrons. The number of amides is 2. The molecule has 0 aliphatic carbocycles. The number of thiazole rings is 1. The Morgan fingerprint density at radius 3 is 3.03 bits per heavy atom. The lowest BCUT2D eigenvalue weighted by Crippen LogP contribution is -2.48. The molecule has 1 atom stereocenters. The van der Waals surface area contributed by atoms with Crippen molar-refractivity contribution in [2.75, 3.05) is 52.0 Å². The molecule has 1 fully saturated rings. The molecule has 1 saturated heterocycles. The highest BCUT2D eigenvalue weighted by atomic mass is 32.1. The van der Waals surface area contributed by atoms with Crippen LogP contribution < -0.4 is 10.2 Å². The summed E-state index contributed by atoms with van der Waals surface area (Å²) in [6, 6.07) is 5.91. The summed E-state index contributed by atoms with van der Waals surface area (Å²) < 4.78 is 10.9. The molecule has 2 amide bonds. The van der Waals surface area contributed by atoms with E-state index in [-0.39, 0.29) is 23.4 Å². The fourth-order valence-corrected chi connectivity index (χ4v) is 6.03. The minimum absolute atomic E-state index is 0.0306. The Bertz CT molecular complexity index is 1280. The molecule has 2 N–H and O–H groups in total. The van der Waals surface area contributed by atoms with Crippen molar-refractivity contribution in [2.45, 2.75) is 38.3 Å². The zero-order valence-electron chi connectivity index (χ0n) is 21.2. The molecule has 1 aromatic carbocycles. The van der Waals surface area contributed by atoms with Gasteiger partial charge in [-0.25, -0.2) is 4.98 Å². The molecule has 0 saturated carbocycles. The van der Waals surface area contributed by atoms with Crippen molar-refractivity contribution in [1.82, 2.24) is 20.2 Å². The lowest BCUT2D eigenvalue weighted by Gasteiger charge is -2.35. The monoisotopic (exact) mass is 511 g/mol. The lowest BCUT2D eigenvalue weighted by molar-refractivity contribution is 0.0744. The highest BCUT2D eigenvalue weighted by molar-refractivity contribution is 7.17. The van der Waals surface area contributed by atoms with Crippen molar-refractivity contribution in [2.24, 2.45) is 0 Å². The summed E-state index contributed by atoms with van der Waals surface area (Å²) in [7, 11) is 3.41. The third kappa shape index (κ3) is 4.85. The van der Waals surface area contributed by atoms with E-state index in [9.17, 15) is 9.59 Å². The van der Waals surface area contributed by atoms with Gasteiger partial charge < -0.3 is 29.6 Å². The smallest absolute Gasteiger partial charge is 0.263 e. The second-order valence-corrected chi connectivity index (χ2v) is 11.2. The van der Waals surface area contributed by atoms with E-state index in [1.807, 2.05) is 38.2 Å². The maximum Gasteiger partial charge on any atom is 0.263 e. The number of nitrogens with one attached hydrogen (secondary N) is 2. The molecule has 2 aromatic heterocycles. The predicted molar refractivity (Wildman–Crippen MR) is 140 cm³/mol. The van der Waals surface area contributed by atoms with Gasteiger partial charge in [-0.05, 0) is 38.0 Å². The Kier molecular flexibility index (Phi) is 6.76. The number of hydrogen-bond donors (Lipinski definition) is 2. The number of aromatic amines is 1. The minimum Gasteiger partial charge on any atom is -0.383 e. The molecule has 3 aromatic rings. The van der Waals surface area contributed by atoms with E-state index >= 15 is 0 Å². The summed E-state index contributed by atoms with van der Waals surface area (Å²) in [6.45, 7) is 7.05. The van der Waals surface area contributed by atoms with Gasteiger partial charge in [0.2, 0.25) is 0 Å². The van der Waals surface area contributed by atoms with Gasteiger partial charge in [-0.2, -0.15) is 0 Å². The third-order valence-electron chi connectivity index (χ3n) is 6.87. The first-order valence-electron chi connectivity index (χ1n) is 12.3. The summed E-state index contributed by atoms with van der Waals surface area (Å²) in [5.41, 5.74) is 3.34. The first kappa shape index (κ1) is 24.7. The predicted octanol–water partition coefficient (Wildman–Crippen LogP) is 2.86. The van der Waals surface area contributed by atoms with E-state index in [2.05, 4.69) is 15.2 Å². The van der Waals surface area contributed by atoms with E-state index in [0.29, 0.717) is 36.8 Å². The number of morpholine rings is 1. The van der Waals surface area contributed by atoms with Crippen LogP contribution >= 0.6 is 11.3 Å². The van der Waals surface area contributed by atoms with Gasteiger partial charge in [0.15, 0.2) is 5.13 Å². The maximum atomic E-state index is 12.8. The maximum absolute atomic E-state index is 12.8. The SMILES string of the molecule is COCCN(C)C(=O)c1ccc2c(C[C@H]3COCCN3c3nc4c(s3)C(=O)NC(C)(C)C4)c[nH]c2c1. The number of nitrogens with zero attached hydrogens (tertiary/aromatic N) is 3. The van der Waals surface area contributed by atoms with Gasteiger partial charge in [-0.3, -0.25) is 9.59 Å². The number of likely N-dealkylation sites (N-methyl/N-ethyl adjacent to an activating group) is 1. The molecule has 10 heteroatoms. The summed E-state index contributed by atoms with van der Waals surface area (Å²) in [4.78, 5) is 38.3. The van der Waals surface area contributed by atoms with Crippen molar-refractivity contribution in [1.29, 1.82) is 0 Å². The van der Waals surface area contributed by atoms with Crippen LogP contribution in [0.25, 0.3) is 10.9 Å². The Labute approximate surface area is 214 Å². The van der Waals surface area contributed by atoms with Gasteiger partial charge in [0.05, 0.1) is 31.6 Å². The largest absolute Gasteiger partial charge is 0.383 e. The molecule has 0 unspecified atom stereocenters. The molecular formula is C26H33N5O4S. The molecule has 0 bridgehead atoms. The molecule has 9 nitrogen and oxygen atoms in total. The molecule has 0 spiro atoms. The van der Waals surface area contributed by atoms with E-state index in [4.69, 9.17) is 14.5 Å². The fraction of sp³-hybridized carbons (Fsp3) is 0.500. The summed E-state index contributed by atoms with van der Waals surface area (Å²) in [6.07, 6.45) is 3.51. The standard InChI is InChI=1S/C26H33N5O4S/c1-26(2)13-21-22(23(32)29-26)36-25(28-21)31-8-10-35-15-18(31)11-17-14-27-20-12-16(5-6-19(17)20)24(33)30(3)7-9-34-4/h5-6,12,14,18,27H,7-11,13,15H2,1-4H3,(H,29,32)/t18-/m0/s1. The first-order chi connectivity index (χ1) is 17.3. The number of carbonyl (C=O) groups is 2. The number of H-pyrrole nitrogens is 1. The Morgan fingerprint density at radius 1 is 1.39 bits per heavy atom. The number of ether oxygens (including phenoxy) is 2. The second-order valence-electron chi connectivity index (χ2n) is 10.2. The van der Waals surface area contributed by atoms with E-state index in [0.717, 1.165) is 46.7 Å². The van der Waals surface area contributed by atoms with Gasteiger partial charge in [0.25, 0.3) is 11.8 Å². The van der Waals surface area contributed by atoms with E-state index in [1.165, 1.54) is 11.3 Å². The number of rotatable bonds is 7.